The van der Waals surface area contributed by atoms with Gasteiger partial charge in [-0.1, -0.05) is 5.21 Å². The fraction of sp³-hybridized carbons (Fsp3) is 0.786. The van der Waals surface area contributed by atoms with Gasteiger partial charge in [-0.2, -0.15) is 0 Å². The standard InChI is InChI=1S/C14H23N5O2/c1-17-12(9-15-16-17)10-18-6-4-5-14(21,11-18)13(20)19-7-2-3-8-19/h9,21H,2-8,10-11H2,1H3. The van der Waals surface area contributed by atoms with Crippen molar-refractivity contribution in [2.45, 2.75) is 37.8 Å². The highest BCUT2D eigenvalue weighted by Gasteiger charge is 2.43. The summed E-state index contributed by atoms with van der Waals surface area (Å²) in [6.45, 7) is 3.52. The molecule has 0 bridgehead atoms. The second-order valence-electron chi connectivity index (χ2n) is 6.19. The molecule has 0 saturated carbocycles. The van der Waals surface area contributed by atoms with Gasteiger partial charge >= 0.3 is 0 Å². The summed E-state index contributed by atoms with van der Waals surface area (Å²) in [6, 6.07) is 0. The molecule has 7 heteroatoms. The van der Waals surface area contributed by atoms with Crippen molar-refractivity contribution in [1.82, 2.24) is 24.8 Å². The Morgan fingerprint density at radius 1 is 1.33 bits per heavy atom. The predicted octanol–water partition coefficient (Wildman–Crippen LogP) is -0.236. The Kier molecular flexibility index (Phi) is 3.95. The number of nitrogens with zero attached hydrogens (tertiary/aromatic N) is 5. The molecule has 1 aromatic heterocycles. The number of carbonyl (C=O) groups excluding carboxylic acids is 1. The maximum Gasteiger partial charge on any atom is 0.255 e. The first-order valence-electron chi connectivity index (χ1n) is 7.66. The molecule has 7 nitrogen and oxygen atoms in total. The van der Waals surface area contributed by atoms with Crippen molar-refractivity contribution in [3.05, 3.63) is 11.9 Å². The van der Waals surface area contributed by atoms with E-state index in [-0.39, 0.29) is 5.91 Å². The second kappa shape index (κ2) is 5.73. The Hall–Kier alpha value is -1.47. The molecule has 1 unspecified atom stereocenters. The van der Waals surface area contributed by atoms with E-state index in [1.165, 1.54) is 0 Å². The van der Waals surface area contributed by atoms with E-state index >= 15 is 0 Å². The minimum atomic E-state index is -1.23. The molecule has 1 aromatic rings. The van der Waals surface area contributed by atoms with Gasteiger partial charge in [0.15, 0.2) is 5.60 Å². The molecule has 1 amide bonds. The van der Waals surface area contributed by atoms with Crippen LogP contribution in [-0.4, -0.2) is 67.6 Å². The number of hydrogen-bond acceptors (Lipinski definition) is 5. The maximum atomic E-state index is 12.6. The zero-order valence-corrected chi connectivity index (χ0v) is 12.5. The molecule has 1 N–H and O–H groups in total. The quantitative estimate of drug-likeness (QED) is 0.833. The van der Waals surface area contributed by atoms with Crippen LogP contribution in [0, 0.1) is 0 Å². The van der Waals surface area contributed by atoms with Gasteiger partial charge in [0.2, 0.25) is 0 Å². The van der Waals surface area contributed by atoms with Crippen LogP contribution >= 0.6 is 0 Å². The molecule has 2 fully saturated rings. The summed E-state index contributed by atoms with van der Waals surface area (Å²) in [4.78, 5) is 16.5. The van der Waals surface area contributed by atoms with Crippen LogP contribution in [0.15, 0.2) is 6.20 Å². The van der Waals surface area contributed by atoms with Crippen molar-refractivity contribution in [2.24, 2.45) is 7.05 Å². The number of amides is 1. The molecule has 0 spiro atoms. The van der Waals surface area contributed by atoms with Gasteiger partial charge in [0.1, 0.15) is 0 Å². The van der Waals surface area contributed by atoms with Crippen molar-refractivity contribution in [3.63, 3.8) is 0 Å². The molecule has 0 aromatic carbocycles. The number of piperidine rings is 1. The van der Waals surface area contributed by atoms with Gasteiger partial charge in [0.25, 0.3) is 5.91 Å². The molecule has 3 heterocycles. The summed E-state index contributed by atoms with van der Waals surface area (Å²) in [6.07, 6.45) is 5.22. The van der Waals surface area contributed by atoms with Gasteiger partial charge in [0.05, 0.1) is 11.9 Å². The van der Waals surface area contributed by atoms with E-state index in [0.29, 0.717) is 19.5 Å². The van der Waals surface area contributed by atoms with Gasteiger partial charge in [-0.25, -0.2) is 0 Å². The van der Waals surface area contributed by atoms with Crippen LogP contribution in [0.25, 0.3) is 0 Å². The number of hydrogen-bond donors (Lipinski definition) is 1. The largest absolute Gasteiger partial charge is 0.379 e. The Morgan fingerprint density at radius 3 is 2.76 bits per heavy atom. The van der Waals surface area contributed by atoms with Crippen molar-refractivity contribution in [2.75, 3.05) is 26.2 Å². The zero-order valence-electron chi connectivity index (χ0n) is 12.5. The predicted molar refractivity (Wildman–Crippen MR) is 76.3 cm³/mol. The van der Waals surface area contributed by atoms with Gasteiger partial charge < -0.3 is 10.0 Å². The Labute approximate surface area is 124 Å². The molecule has 116 valence electrons. The van der Waals surface area contributed by atoms with Crippen LogP contribution in [-0.2, 0) is 18.4 Å². The molecule has 0 aliphatic carbocycles. The lowest BCUT2D eigenvalue weighted by atomic mass is 9.91. The van der Waals surface area contributed by atoms with Gasteiger partial charge in [-0.15, -0.1) is 5.10 Å². The van der Waals surface area contributed by atoms with Crippen LogP contribution in [0.5, 0.6) is 0 Å². The van der Waals surface area contributed by atoms with Crippen LogP contribution in [0.4, 0.5) is 0 Å². The number of carbonyl (C=O) groups is 1. The number of aryl methyl sites for hydroxylation is 1. The first-order chi connectivity index (χ1) is 10.1. The maximum absolute atomic E-state index is 12.6. The average molecular weight is 293 g/mol. The summed E-state index contributed by atoms with van der Waals surface area (Å²) in [5.74, 6) is -0.0900. The minimum Gasteiger partial charge on any atom is -0.379 e. The number of rotatable bonds is 3. The lowest BCUT2D eigenvalue weighted by Gasteiger charge is -2.39. The van der Waals surface area contributed by atoms with Gasteiger partial charge in [0, 0.05) is 33.2 Å². The van der Waals surface area contributed by atoms with Gasteiger partial charge in [-0.05, 0) is 32.2 Å². The SMILES string of the molecule is Cn1nncc1CN1CCCC(O)(C(=O)N2CCCC2)C1. The Morgan fingerprint density at radius 2 is 2.10 bits per heavy atom. The molecule has 0 radical (unpaired) electrons. The number of aromatic nitrogens is 3. The van der Waals surface area contributed by atoms with E-state index in [9.17, 15) is 9.90 Å². The summed E-state index contributed by atoms with van der Waals surface area (Å²) in [5, 5.41) is 18.6. The average Bonchev–Trinajstić information content (AvgIpc) is 3.11. The smallest absolute Gasteiger partial charge is 0.255 e. The molecule has 2 aliphatic rings. The van der Waals surface area contributed by atoms with Crippen molar-refractivity contribution >= 4 is 5.91 Å². The van der Waals surface area contributed by atoms with Crippen molar-refractivity contribution < 1.29 is 9.90 Å². The van der Waals surface area contributed by atoms with E-state index in [4.69, 9.17) is 0 Å². The third kappa shape index (κ3) is 2.94. The van der Waals surface area contributed by atoms with E-state index in [1.54, 1.807) is 10.9 Å². The number of β-amino-alcohol motifs (C(OH)–C–C–N with tert-alkyl or cyclic N) is 1. The van der Waals surface area contributed by atoms with Gasteiger partial charge in [-0.3, -0.25) is 14.4 Å². The topological polar surface area (TPSA) is 74.5 Å². The fourth-order valence-electron chi connectivity index (χ4n) is 3.33. The second-order valence-corrected chi connectivity index (χ2v) is 6.19. The van der Waals surface area contributed by atoms with E-state index in [0.717, 1.165) is 44.6 Å². The Balaban J connectivity index is 1.66. The van der Waals surface area contributed by atoms with Crippen LogP contribution in [0.1, 0.15) is 31.4 Å². The summed E-state index contributed by atoms with van der Waals surface area (Å²) < 4.78 is 1.73. The van der Waals surface area contributed by atoms with Crippen LogP contribution in [0.2, 0.25) is 0 Å². The van der Waals surface area contributed by atoms with Crippen LogP contribution < -0.4 is 0 Å². The minimum absolute atomic E-state index is 0.0900. The Bertz CT molecular complexity index is 511. The number of aliphatic hydroxyl groups is 1. The van der Waals surface area contributed by atoms with Crippen LogP contribution in [0.3, 0.4) is 0 Å². The molecular formula is C14H23N5O2. The highest BCUT2D eigenvalue weighted by molar-refractivity contribution is 5.85. The lowest BCUT2D eigenvalue weighted by Crippen LogP contribution is -2.57. The van der Waals surface area contributed by atoms with E-state index in [1.807, 2.05) is 11.9 Å². The molecular weight excluding hydrogens is 270 g/mol. The molecule has 1 atom stereocenters. The normalized spacial score (nSPS) is 27.2. The fourth-order valence-corrected chi connectivity index (χ4v) is 3.33. The third-order valence-corrected chi connectivity index (χ3v) is 4.54. The van der Waals surface area contributed by atoms with Crippen molar-refractivity contribution in [3.8, 4) is 0 Å². The molecule has 21 heavy (non-hydrogen) atoms. The molecule has 3 rings (SSSR count). The first-order valence-corrected chi connectivity index (χ1v) is 7.66. The van der Waals surface area contributed by atoms with Crippen molar-refractivity contribution in [1.29, 1.82) is 0 Å². The summed E-state index contributed by atoms with van der Waals surface area (Å²) in [7, 11) is 1.86. The summed E-state index contributed by atoms with van der Waals surface area (Å²) >= 11 is 0. The highest BCUT2D eigenvalue weighted by atomic mass is 16.3. The first kappa shape index (κ1) is 14.5. The lowest BCUT2D eigenvalue weighted by molar-refractivity contribution is -0.156. The monoisotopic (exact) mass is 293 g/mol. The van der Waals surface area contributed by atoms with E-state index in [2.05, 4.69) is 15.2 Å². The number of likely N-dealkylation sites (tertiary alicyclic amines) is 2. The summed E-state index contributed by atoms with van der Waals surface area (Å²) in [5.41, 5.74) is -0.234. The molecule has 2 aliphatic heterocycles. The molecule has 2 saturated heterocycles. The van der Waals surface area contributed by atoms with E-state index < -0.39 is 5.60 Å². The third-order valence-electron chi connectivity index (χ3n) is 4.54. The highest BCUT2D eigenvalue weighted by Crippen LogP contribution is 2.26. The zero-order chi connectivity index (χ0) is 14.9.